The summed E-state index contributed by atoms with van der Waals surface area (Å²) in [6, 6.07) is 15.4. The van der Waals surface area contributed by atoms with E-state index in [1.807, 2.05) is 24.3 Å². The van der Waals surface area contributed by atoms with Gasteiger partial charge < -0.3 is 0 Å². The van der Waals surface area contributed by atoms with E-state index in [4.69, 9.17) is 4.98 Å². The third-order valence-corrected chi connectivity index (χ3v) is 6.02. The minimum atomic E-state index is -0.312. The number of hydrogen-bond donors (Lipinski definition) is 0. The van der Waals surface area contributed by atoms with Gasteiger partial charge in [0.2, 0.25) is 0 Å². The largest absolute Gasteiger partial charge is 0.270 e. The molecule has 0 atom stereocenters. The van der Waals surface area contributed by atoms with E-state index < -0.39 is 0 Å². The minimum absolute atomic E-state index is 0.129. The van der Waals surface area contributed by atoms with Crippen molar-refractivity contribution in [2.75, 3.05) is 0 Å². The van der Waals surface area contributed by atoms with Crippen molar-refractivity contribution in [3.05, 3.63) is 69.9 Å². The van der Waals surface area contributed by atoms with Crippen LogP contribution in [0.2, 0.25) is 0 Å². The van der Waals surface area contributed by atoms with Gasteiger partial charge in [0.25, 0.3) is 5.69 Å². The molecule has 0 fully saturated rings. The Labute approximate surface area is 172 Å². The maximum absolute atomic E-state index is 11.4. The zero-order valence-electron chi connectivity index (χ0n) is 16.9. The van der Waals surface area contributed by atoms with Crippen molar-refractivity contribution in [2.45, 2.75) is 64.2 Å². The van der Waals surface area contributed by atoms with Crippen LogP contribution in [0, 0.1) is 10.1 Å². The molecule has 0 amide bonds. The molecule has 1 heterocycles. The van der Waals surface area contributed by atoms with E-state index in [0.29, 0.717) is 0 Å². The van der Waals surface area contributed by atoms with Crippen LogP contribution in [0.3, 0.4) is 0 Å². The molecule has 0 radical (unpaired) electrons. The summed E-state index contributed by atoms with van der Waals surface area (Å²) in [5.41, 5.74) is 5.75. The van der Waals surface area contributed by atoms with Crippen LogP contribution in [0.25, 0.3) is 22.0 Å². The molecule has 0 saturated heterocycles. The first-order chi connectivity index (χ1) is 14.2. The average molecular weight is 389 g/mol. The summed E-state index contributed by atoms with van der Waals surface area (Å²) < 4.78 is 0. The Balaban J connectivity index is 1.92. The van der Waals surface area contributed by atoms with Crippen LogP contribution in [0.1, 0.15) is 62.6 Å². The lowest BCUT2D eigenvalue weighted by Crippen LogP contribution is -2.04. The third-order valence-electron chi connectivity index (χ3n) is 6.02. The molecule has 4 rings (SSSR count). The number of fused-ring (bicyclic) bond motifs is 2. The number of nitro groups is 1. The topological polar surface area (TPSA) is 56.0 Å². The van der Waals surface area contributed by atoms with Gasteiger partial charge in [-0.2, -0.15) is 0 Å². The molecule has 4 heteroatoms. The zero-order valence-corrected chi connectivity index (χ0v) is 16.9. The summed E-state index contributed by atoms with van der Waals surface area (Å²) in [4.78, 5) is 16.1. The molecule has 0 spiro atoms. The zero-order chi connectivity index (χ0) is 20.1. The van der Waals surface area contributed by atoms with Gasteiger partial charge in [-0.25, -0.2) is 0 Å². The lowest BCUT2D eigenvalue weighted by molar-refractivity contribution is -0.384. The summed E-state index contributed by atoms with van der Waals surface area (Å²) in [5.74, 6) is 0. The summed E-state index contributed by atoms with van der Waals surface area (Å²) >= 11 is 0. The third kappa shape index (κ3) is 4.47. The molecule has 0 unspecified atom stereocenters. The van der Waals surface area contributed by atoms with Crippen LogP contribution < -0.4 is 0 Å². The fourth-order valence-corrected chi connectivity index (χ4v) is 4.52. The molecule has 1 aromatic heterocycles. The second kappa shape index (κ2) is 9.17. The van der Waals surface area contributed by atoms with Gasteiger partial charge in [-0.3, -0.25) is 15.1 Å². The monoisotopic (exact) mass is 388 g/mol. The van der Waals surface area contributed by atoms with Gasteiger partial charge in [0.05, 0.1) is 10.4 Å². The molecule has 3 aromatic rings. The molecule has 2 aromatic carbocycles. The number of nitrogens with zero attached hydrogens (tertiary/aromatic N) is 2. The molecule has 0 bridgehead atoms. The minimum Gasteiger partial charge on any atom is -0.258 e. The molecule has 29 heavy (non-hydrogen) atoms. The number of nitro benzene ring substituents is 1. The molecule has 1 aliphatic rings. The van der Waals surface area contributed by atoms with E-state index in [9.17, 15) is 10.1 Å². The summed E-state index contributed by atoms with van der Waals surface area (Å²) in [6.07, 6.45) is 12.1. The Kier molecular flexibility index (Phi) is 6.18. The number of rotatable bonds is 2. The molecule has 0 saturated carbocycles. The van der Waals surface area contributed by atoms with Gasteiger partial charge in [0.1, 0.15) is 0 Å². The number of hydrogen-bond acceptors (Lipinski definition) is 3. The number of aromatic nitrogens is 1. The molecule has 150 valence electrons. The number of pyridine rings is 1. The van der Waals surface area contributed by atoms with Crippen molar-refractivity contribution >= 4 is 16.6 Å². The van der Waals surface area contributed by atoms with Crippen LogP contribution >= 0.6 is 0 Å². The van der Waals surface area contributed by atoms with Crippen molar-refractivity contribution in [3.63, 3.8) is 0 Å². The fourth-order valence-electron chi connectivity index (χ4n) is 4.52. The van der Waals surface area contributed by atoms with Crippen LogP contribution in [0.4, 0.5) is 5.69 Å². The lowest BCUT2D eigenvalue weighted by atomic mass is 9.89. The highest BCUT2D eigenvalue weighted by Crippen LogP contribution is 2.36. The van der Waals surface area contributed by atoms with Gasteiger partial charge in [-0.15, -0.1) is 0 Å². The molecular weight excluding hydrogens is 360 g/mol. The van der Waals surface area contributed by atoms with E-state index in [-0.39, 0.29) is 10.6 Å². The quantitative estimate of drug-likeness (QED) is 0.350. The standard InChI is InChI=1S/C25H28N2O2/c28-27(29)20-16-17-24-22(18-20)25(19-12-8-7-9-13-19)21-14-10-5-3-1-2-4-6-11-15-23(21)26-24/h7-9,12-13,16-18H,1-6,10-11,14-15H2. The first-order valence-electron chi connectivity index (χ1n) is 10.9. The highest BCUT2D eigenvalue weighted by atomic mass is 16.6. The van der Waals surface area contributed by atoms with Gasteiger partial charge in [-0.1, -0.05) is 68.9 Å². The smallest absolute Gasteiger partial charge is 0.258 e. The lowest BCUT2D eigenvalue weighted by Gasteiger charge is -2.18. The second-order valence-corrected chi connectivity index (χ2v) is 8.07. The normalized spacial score (nSPS) is 15.9. The molecular formula is C25H28N2O2. The Bertz CT molecular complexity index is 999. The SMILES string of the molecule is O=[N+]([O-])c1ccc2nc3c(c(-c4ccccc4)c2c1)CCCCCCCCCC3. The van der Waals surface area contributed by atoms with Crippen LogP contribution in [-0.4, -0.2) is 9.91 Å². The first kappa shape index (κ1) is 19.6. The van der Waals surface area contributed by atoms with Crippen molar-refractivity contribution in [2.24, 2.45) is 0 Å². The van der Waals surface area contributed by atoms with Crippen molar-refractivity contribution in [3.8, 4) is 11.1 Å². The summed E-state index contributed by atoms with van der Waals surface area (Å²) in [6.45, 7) is 0. The maximum atomic E-state index is 11.4. The van der Waals surface area contributed by atoms with Gasteiger partial charge >= 0.3 is 0 Å². The Morgan fingerprint density at radius 3 is 2.14 bits per heavy atom. The fraction of sp³-hybridized carbons (Fsp3) is 0.400. The van der Waals surface area contributed by atoms with E-state index in [1.165, 1.54) is 49.8 Å². The van der Waals surface area contributed by atoms with Gasteiger partial charge in [-0.05, 0) is 48.4 Å². The van der Waals surface area contributed by atoms with Crippen LogP contribution in [-0.2, 0) is 12.8 Å². The summed E-state index contributed by atoms with van der Waals surface area (Å²) in [5, 5.41) is 12.3. The van der Waals surface area contributed by atoms with Crippen molar-refractivity contribution in [1.29, 1.82) is 0 Å². The van der Waals surface area contributed by atoms with Gasteiger partial charge in [0, 0.05) is 23.2 Å². The number of non-ortho nitro benzene ring substituents is 1. The Morgan fingerprint density at radius 2 is 1.45 bits per heavy atom. The molecule has 1 aliphatic carbocycles. The molecule has 0 N–H and O–H groups in total. The predicted molar refractivity (Wildman–Crippen MR) is 118 cm³/mol. The second-order valence-electron chi connectivity index (χ2n) is 8.07. The Morgan fingerprint density at radius 1 is 0.793 bits per heavy atom. The highest BCUT2D eigenvalue weighted by Gasteiger charge is 2.19. The van der Waals surface area contributed by atoms with E-state index in [0.717, 1.165) is 47.7 Å². The maximum Gasteiger partial charge on any atom is 0.270 e. The average Bonchev–Trinajstić information content (AvgIpc) is 2.73. The first-order valence-corrected chi connectivity index (χ1v) is 10.9. The van der Waals surface area contributed by atoms with E-state index >= 15 is 0 Å². The van der Waals surface area contributed by atoms with Crippen molar-refractivity contribution < 1.29 is 4.92 Å². The molecule has 0 aliphatic heterocycles. The number of benzene rings is 2. The summed E-state index contributed by atoms with van der Waals surface area (Å²) in [7, 11) is 0. The Hall–Kier alpha value is -2.75. The highest BCUT2D eigenvalue weighted by molar-refractivity contribution is 5.97. The number of aryl methyl sites for hydroxylation is 1. The van der Waals surface area contributed by atoms with Crippen LogP contribution in [0.15, 0.2) is 48.5 Å². The predicted octanol–water partition coefficient (Wildman–Crippen LogP) is 7.03. The van der Waals surface area contributed by atoms with E-state index in [2.05, 4.69) is 12.1 Å². The van der Waals surface area contributed by atoms with Crippen molar-refractivity contribution in [1.82, 2.24) is 4.98 Å². The van der Waals surface area contributed by atoms with Gasteiger partial charge in [0.15, 0.2) is 0 Å². The molecule has 4 nitrogen and oxygen atoms in total. The van der Waals surface area contributed by atoms with Crippen LogP contribution in [0.5, 0.6) is 0 Å². The van der Waals surface area contributed by atoms with E-state index in [1.54, 1.807) is 12.1 Å².